The zero-order valence-corrected chi connectivity index (χ0v) is 11.3. The summed E-state index contributed by atoms with van der Waals surface area (Å²) in [6.07, 6.45) is 0.219. The molecule has 3 unspecified atom stereocenters. The predicted molar refractivity (Wildman–Crippen MR) is 72.9 cm³/mol. The summed E-state index contributed by atoms with van der Waals surface area (Å²) in [4.78, 5) is 2.26. The summed E-state index contributed by atoms with van der Waals surface area (Å²) >= 11 is 0. The van der Waals surface area contributed by atoms with Crippen LogP contribution in [0.3, 0.4) is 0 Å². The fourth-order valence-corrected chi connectivity index (χ4v) is 2.36. The van der Waals surface area contributed by atoms with E-state index in [4.69, 9.17) is 10.5 Å². The molecule has 0 radical (unpaired) electrons. The third kappa shape index (κ3) is 2.60. The van der Waals surface area contributed by atoms with E-state index >= 15 is 0 Å². The Kier molecular flexibility index (Phi) is 3.78. The zero-order valence-electron chi connectivity index (χ0n) is 11.3. The average Bonchev–Trinajstić information content (AvgIpc) is 2.31. The second-order valence-corrected chi connectivity index (χ2v) is 5.18. The molecule has 3 N–H and O–H groups in total. The molecule has 0 amide bonds. The molecule has 1 heterocycles. The Morgan fingerprint density at radius 2 is 2.17 bits per heavy atom. The first-order chi connectivity index (χ1) is 8.49. The van der Waals surface area contributed by atoms with Gasteiger partial charge in [0.15, 0.2) is 0 Å². The van der Waals surface area contributed by atoms with Crippen molar-refractivity contribution in [3.05, 3.63) is 23.8 Å². The maximum Gasteiger partial charge on any atom is 0.122 e. The molecule has 1 saturated heterocycles. The van der Waals surface area contributed by atoms with Crippen LogP contribution in [-0.2, 0) is 4.74 Å². The summed E-state index contributed by atoms with van der Waals surface area (Å²) < 4.78 is 5.61. The first-order valence-electron chi connectivity index (χ1n) is 6.45. The minimum atomic E-state index is -0.153. The lowest BCUT2D eigenvalue weighted by molar-refractivity contribution is 0.0343. The Hall–Kier alpha value is -1.26. The molecule has 18 heavy (non-hydrogen) atoms. The molecule has 100 valence electrons. The largest absolute Gasteiger partial charge is 0.508 e. The van der Waals surface area contributed by atoms with Gasteiger partial charge in [0, 0.05) is 35.9 Å². The summed E-state index contributed by atoms with van der Waals surface area (Å²) in [5, 5.41) is 10.0. The van der Waals surface area contributed by atoms with Crippen molar-refractivity contribution in [3.63, 3.8) is 0 Å². The number of ether oxygens (including phenoxy) is 1. The number of phenolic OH excluding ortho intramolecular Hbond substituents is 1. The van der Waals surface area contributed by atoms with Gasteiger partial charge in [-0.25, -0.2) is 0 Å². The van der Waals surface area contributed by atoms with E-state index < -0.39 is 0 Å². The molecule has 1 aliphatic rings. The van der Waals surface area contributed by atoms with Gasteiger partial charge in [-0.15, -0.1) is 0 Å². The lowest BCUT2D eigenvalue weighted by atomic mass is 10.1. The average molecular weight is 250 g/mol. The molecule has 0 saturated carbocycles. The van der Waals surface area contributed by atoms with E-state index in [9.17, 15) is 5.11 Å². The normalized spacial score (nSPS) is 26.1. The van der Waals surface area contributed by atoms with Crippen LogP contribution in [0.15, 0.2) is 18.2 Å². The molecular formula is C14H22N2O2. The standard InChI is InChI=1S/C14H22N2O2/c1-9-8-18-10(2)7-16(9)12-4-5-13(11(3)15)14(17)6-12/h4-6,9-11,17H,7-8,15H2,1-3H3. The first kappa shape index (κ1) is 13.2. The van der Waals surface area contributed by atoms with Crippen LogP contribution in [0, 0.1) is 0 Å². The lowest BCUT2D eigenvalue weighted by Crippen LogP contribution is -2.47. The highest BCUT2D eigenvalue weighted by molar-refractivity contribution is 5.55. The van der Waals surface area contributed by atoms with Gasteiger partial charge >= 0.3 is 0 Å². The molecule has 0 aromatic heterocycles. The van der Waals surface area contributed by atoms with Crippen molar-refractivity contribution in [3.8, 4) is 5.75 Å². The van der Waals surface area contributed by atoms with Crippen molar-refractivity contribution in [2.24, 2.45) is 5.73 Å². The first-order valence-corrected chi connectivity index (χ1v) is 6.45. The summed E-state index contributed by atoms with van der Waals surface area (Å²) in [5.41, 5.74) is 7.61. The van der Waals surface area contributed by atoms with E-state index in [0.717, 1.165) is 24.4 Å². The highest BCUT2D eigenvalue weighted by Crippen LogP contribution is 2.30. The second-order valence-electron chi connectivity index (χ2n) is 5.18. The fraction of sp³-hybridized carbons (Fsp3) is 0.571. The van der Waals surface area contributed by atoms with Crippen LogP contribution in [0.5, 0.6) is 5.75 Å². The Balaban J connectivity index is 2.25. The highest BCUT2D eigenvalue weighted by Gasteiger charge is 2.24. The minimum absolute atomic E-state index is 0.153. The second kappa shape index (κ2) is 5.16. The van der Waals surface area contributed by atoms with Crippen LogP contribution in [-0.4, -0.2) is 30.4 Å². The van der Waals surface area contributed by atoms with Crippen molar-refractivity contribution in [2.45, 2.75) is 39.0 Å². The van der Waals surface area contributed by atoms with E-state index in [1.54, 1.807) is 6.07 Å². The van der Waals surface area contributed by atoms with Gasteiger partial charge in [-0.1, -0.05) is 6.07 Å². The molecule has 4 heteroatoms. The highest BCUT2D eigenvalue weighted by atomic mass is 16.5. The van der Waals surface area contributed by atoms with Crippen LogP contribution >= 0.6 is 0 Å². The summed E-state index contributed by atoms with van der Waals surface area (Å²) in [6.45, 7) is 7.63. The predicted octanol–water partition coefficient (Wildman–Crippen LogP) is 2.03. The number of hydrogen-bond acceptors (Lipinski definition) is 4. The van der Waals surface area contributed by atoms with Gasteiger partial charge in [0.25, 0.3) is 0 Å². The molecule has 0 spiro atoms. The number of hydrogen-bond donors (Lipinski definition) is 2. The van der Waals surface area contributed by atoms with Gasteiger partial charge in [-0.2, -0.15) is 0 Å². The Morgan fingerprint density at radius 1 is 1.44 bits per heavy atom. The van der Waals surface area contributed by atoms with E-state index in [2.05, 4.69) is 18.7 Å². The molecule has 1 aliphatic heterocycles. The SMILES string of the molecule is CC1CN(c2ccc(C(C)N)c(O)c2)C(C)CO1. The zero-order chi connectivity index (χ0) is 13.3. The van der Waals surface area contributed by atoms with Crippen LogP contribution in [0.25, 0.3) is 0 Å². The maximum absolute atomic E-state index is 10.0. The third-order valence-electron chi connectivity index (χ3n) is 3.44. The van der Waals surface area contributed by atoms with E-state index in [1.165, 1.54) is 0 Å². The molecule has 0 bridgehead atoms. The summed E-state index contributed by atoms with van der Waals surface area (Å²) in [6, 6.07) is 5.89. The van der Waals surface area contributed by atoms with Crippen LogP contribution in [0.1, 0.15) is 32.4 Å². The molecule has 2 rings (SSSR count). The number of nitrogens with two attached hydrogens (primary N) is 1. The van der Waals surface area contributed by atoms with E-state index in [0.29, 0.717) is 6.04 Å². The van der Waals surface area contributed by atoms with Gasteiger partial charge in [0.1, 0.15) is 5.75 Å². The maximum atomic E-state index is 10.0. The molecule has 0 aliphatic carbocycles. The van der Waals surface area contributed by atoms with E-state index in [-0.39, 0.29) is 17.9 Å². The number of morpholine rings is 1. The van der Waals surface area contributed by atoms with Gasteiger partial charge < -0.3 is 20.5 Å². The molecule has 1 fully saturated rings. The third-order valence-corrected chi connectivity index (χ3v) is 3.44. The van der Waals surface area contributed by atoms with E-state index in [1.807, 2.05) is 19.1 Å². The van der Waals surface area contributed by atoms with Gasteiger partial charge in [0.2, 0.25) is 0 Å². The number of nitrogens with zero attached hydrogens (tertiary/aromatic N) is 1. The lowest BCUT2D eigenvalue weighted by Gasteiger charge is -2.38. The summed E-state index contributed by atoms with van der Waals surface area (Å²) in [7, 11) is 0. The van der Waals surface area contributed by atoms with Crippen molar-refractivity contribution in [2.75, 3.05) is 18.1 Å². The number of anilines is 1. The van der Waals surface area contributed by atoms with Gasteiger partial charge in [0.05, 0.1) is 12.7 Å². The van der Waals surface area contributed by atoms with Crippen LogP contribution in [0.2, 0.25) is 0 Å². The number of phenols is 1. The van der Waals surface area contributed by atoms with Gasteiger partial charge in [-0.05, 0) is 26.8 Å². The van der Waals surface area contributed by atoms with Crippen molar-refractivity contribution in [1.82, 2.24) is 0 Å². The van der Waals surface area contributed by atoms with Crippen molar-refractivity contribution < 1.29 is 9.84 Å². The Bertz CT molecular complexity index is 420. The Morgan fingerprint density at radius 3 is 2.78 bits per heavy atom. The quantitative estimate of drug-likeness (QED) is 0.843. The van der Waals surface area contributed by atoms with Gasteiger partial charge in [-0.3, -0.25) is 0 Å². The molecule has 1 aromatic carbocycles. The molecule has 3 atom stereocenters. The van der Waals surface area contributed by atoms with Crippen molar-refractivity contribution >= 4 is 5.69 Å². The monoisotopic (exact) mass is 250 g/mol. The van der Waals surface area contributed by atoms with Crippen LogP contribution < -0.4 is 10.6 Å². The smallest absolute Gasteiger partial charge is 0.122 e. The fourth-order valence-electron chi connectivity index (χ4n) is 2.36. The molecular weight excluding hydrogens is 228 g/mol. The number of rotatable bonds is 2. The minimum Gasteiger partial charge on any atom is -0.508 e. The Labute approximate surface area is 108 Å². The summed E-state index contributed by atoms with van der Waals surface area (Å²) in [5.74, 6) is 0.272. The number of aromatic hydroxyl groups is 1. The molecule has 4 nitrogen and oxygen atoms in total. The topological polar surface area (TPSA) is 58.7 Å². The van der Waals surface area contributed by atoms with Crippen molar-refractivity contribution in [1.29, 1.82) is 0 Å². The molecule has 1 aromatic rings. The van der Waals surface area contributed by atoms with Crippen LogP contribution in [0.4, 0.5) is 5.69 Å². The number of benzene rings is 1.